The van der Waals surface area contributed by atoms with Gasteiger partial charge in [-0.25, -0.2) is 0 Å². The van der Waals surface area contributed by atoms with E-state index >= 15 is 0 Å². The second-order valence-corrected chi connectivity index (χ2v) is 5.48. The number of benzene rings is 1. The molecule has 3 rings (SSSR count). The summed E-state index contributed by atoms with van der Waals surface area (Å²) in [4.78, 5) is 14.2. The third-order valence-electron chi connectivity index (χ3n) is 3.94. The van der Waals surface area contributed by atoms with E-state index in [1.165, 1.54) is 0 Å². The van der Waals surface area contributed by atoms with Crippen molar-refractivity contribution in [1.29, 1.82) is 0 Å². The van der Waals surface area contributed by atoms with Crippen molar-refractivity contribution in [2.24, 2.45) is 5.92 Å². The van der Waals surface area contributed by atoms with E-state index < -0.39 is 0 Å². The fourth-order valence-corrected chi connectivity index (χ4v) is 2.67. The van der Waals surface area contributed by atoms with Gasteiger partial charge in [0.15, 0.2) is 5.69 Å². The molecule has 1 aliphatic rings. The third kappa shape index (κ3) is 2.22. The SMILES string of the molecule is C[C@H]1CCc2onc(C(=O)N(C)c3ccccc3)c2C1. The maximum absolute atomic E-state index is 12.6. The largest absolute Gasteiger partial charge is 0.360 e. The van der Waals surface area contributed by atoms with Crippen molar-refractivity contribution in [3.05, 3.63) is 47.3 Å². The smallest absolute Gasteiger partial charge is 0.280 e. The Labute approximate surface area is 118 Å². The number of hydrogen-bond donors (Lipinski definition) is 0. The Bertz CT molecular complexity index is 619. The van der Waals surface area contributed by atoms with Crippen LogP contribution in [0.3, 0.4) is 0 Å². The van der Waals surface area contributed by atoms with Gasteiger partial charge >= 0.3 is 0 Å². The lowest BCUT2D eigenvalue weighted by molar-refractivity contribution is 0.0983. The summed E-state index contributed by atoms with van der Waals surface area (Å²) in [5, 5.41) is 4.01. The standard InChI is InChI=1S/C16H18N2O2/c1-11-8-9-14-13(10-11)15(17-20-14)16(19)18(2)12-6-4-3-5-7-12/h3-7,11H,8-10H2,1-2H3/t11-/m0/s1. The molecule has 0 saturated heterocycles. The van der Waals surface area contributed by atoms with Gasteiger partial charge in [-0.05, 0) is 30.9 Å². The van der Waals surface area contributed by atoms with E-state index in [-0.39, 0.29) is 5.91 Å². The molecular weight excluding hydrogens is 252 g/mol. The van der Waals surface area contributed by atoms with Crippen molar-refractivity contribution in [2.45, 2.75) is 26.2 Å². The molecule has 1 atom stereocenters. The van der Waals surface area contributed by atoms with E-state index in [2.05, 4.69) is 12.1 Å². The molecule has 0 spiro atoms. The topological polar surface area (TPSA) is 46.3 Å². The maximum Gasteiger partial charge on any atom is 0.280 e. The minimum Gasteiger partial charge on any atom is -0.360 e. The Kier molecular flexibility index (Phi) is 3.30. The highest BCUT2D eigenvalue weighted by Gasteiger charge is 2.28. The number of aryl methyl sites for hydroxylation is 1. The lowest BCUT2D eigenvalue weighted by Gasteiger charge is -2.19. The lowest BCUT2D eigenvalue weighted by atomic mass is 9.88. The summed E-state index contributed by atoms with van der Waals surface area (Å²) in [6.07, 6.45) is 2.86. The van der Waals surface area contributed by atoms with E-state index in [0.717, 1.165) is 36.3 Å². The van der Waals surface area contributed by atoms with E-state index in [9.17, 15) is 4.79 Å². The van der Waals surface area contributed by atoms with Crippen molar-refractivity contribution in [2.75, 3.05) is 11.9 Å². The summed E-state index contributed by atoms with van der Waals surface area (Å²) >= 11 is 0. The molecule has 1 heterocycles. The Morgan fingerprint density at radius 3 is 2.85 bits per heavy atom. The van der Waals surface area contributed by atoms with Crippen LogP contribution in [0.25, 0.3) is 0 Å². The number of rotatable bonds is 2. The summed E-state index contributed by atoms with van der Waals surface area (Å²) in [7, 11) is 1.77. The second-order valence-electron chi connectivity index (χ2n) is 5.48. The first kappa shape index (κ1) is 12.9. The van der Waals surface area contributed by atoms with Crippen LogP contribution in [0, 0.1) is 5.92 Å². The van der Waals surface area contributed by atoms with Crippen molar-refractivity contribution < 1.29 is 9.32 Å². The molecule has 4 heteroatoms. The van der Waals surface area contributed by atoms with E-state index in [1.807, 2.05) is 30.3 Å². The third-order valence-corrected chi connectivity index (χ3v) is 3.94. The zero-order valence-corrected chi connectivity index (χ0v) is 11.8. The van der Waals surface area contributed by atoms with Gasteiger partial charge in [0.25, 0.3) is 5.91 Å². The van der Waals surface area contributed by atoms with Crippen LogP contribution in [-0.4, -0.2) is 18.1 Å². The number of para-hydroxylation sites is 1. The Morgan fingerprint density at radius 1 is 1.35 bits per heavy atom. The Morgan fingerprint density at radius 2 is 2.10 bits per heavy atom. The Hall–Kier alpha value is -2.10. The number of fused-ring (bicyclic) bond motifs is 1. The van der Waals surface area contributed by atoms with Crippen molar-refractivity contribution in [1.82, 2.24) is 5.16 Å². The molecule has 0 saturated carbocycles. The predicted molar refractivity (Wildman–Crippen MR) is 76.9 cm³/mol. The van der Waals surface area contributed by atoms with Crippen molar-refractivity contribution in [3.8, 4) is 0 Å². The summed E-state index contributed by atoms with van der Waals surface area (Å²) in [5.74, 6) is 1.36. The van der Waals surface area contributed by atoms with Crippen LogP contribution in [0.5, 0.6) is 0 Å². The molecule has 0 radical (unpaired) electrons. The lowest BCUT2D eigenvalue weighted by Crippen LogP contribution is -2.28. The summed E-state index contributed by atoms with van der Waals surface area (Å²) < 4.78 is 5.35. The minimum absolute atomic E-state index is 0.102. The average molecular weight is 270 g/mol. The minimum atomic E-state index is -0.102. The van der Waals surface area contributed by atoms with Gasteiger partial charge in [-0.2, -0.15) is 0 Å². The fraction of sp³-hybridized carbons (Fsp3) is 0.375. The average Bonchev–Trinajstić information content (AvgIpc) is 2.89. The normalized spacial score (nSPS) is 17.6. The molecule has 2 aromatic rings. The van der Waals surface area contributed by atoms with E-state index in [1.54, 1.807) is 11.9 Å². The number of aromatic nitrogens is 1. The van der Waals surface area contributed by atoms with Gasteiger partial charge in [-0.15, -0.1) is 0 Å². The molecule has 0 fully saturated rings. The number of carbonyl (C=O) groups excluding carboxylic acids is 1. The van der Waals surface area contributed by atoms with Crippen LogP contribution in [0.2, 0.25) is 0 Å². The first-order chi connectivity index (χ1) is 9.66. The van der Waals surface area contributed by atoms with Gasteiger partial charge in [0.2, 0.25) is 0 Å². The molecule has 4 nitrogen and oxygen atoms in total. The zero-order chi connectivity index (χ0) is 14.1. The van der Waals surface area contributed by atoms with Crippen LogP contribution in [0.4, 0.5) is 5.69 Å². The van der Waals surface area contributed by atoms with Gasteiger partial charge in [-0.1, -0.05) is 30.3 Å². The van der Waals surface area contributed by atoms with Gasteiger partial charge in [-0.3, -0.25) is 4.79 Å². The van der Waals surface area contributed by atoms with Gasteiger partial charge in [0, 0.05) is 24.7 Å². The number of anilines is 1. The summed E-state index contributed by atoms with van der Waals surface area (Å²) in [6.45, 7) is 2.20. The molecule has 1 aliphatic carbocycles. The second kappa shape index (κ2) is 5.12. The fourth-order valence-electron chi connectivity index (χ4n) is 2.67. The first-order valence-corrected chi connectivity index (χ1v) is 6.97. The molecule has 1 aromatic carbocycles. The number of carbonyl (C=O) groups is 1. The molecule has 104 valence electrons. The zero-order valence-electron chi connectivity index (χ0n) is 11.8. The van der Waals surface area contributed by atoms with Crippen molar-refractivity contribution in [3.63, 3.8) is 0 Å². The van der Waals surface area contributed by atoms with Gasteiger partial charge in [0.05, 0.1) is 0 Å². The Balaban J connectivity index is 1.90. The molecule has 0 aliphatic heterocycles. The van der Waals surface area contributed by atoms with Crippen molar-refractivity contribution >= 4 is 11.6 Å². The van der Waals surface area contributed by atoms with Crippen LogP contribution < -0.4 is 4.90 Å². The molecule has 1 aromatic heterocycles. The molecule has 20 heavy (non-hydrogen) atoms. The highest BCUT2D eigenvalue weighted by molar-refractivity contribution is 6.05. The molecular formula is C16H18N2O2. The van der Waals surface area contributed by atoms with Crippen LogP contribution in [0.15, 0.2) is 34.9 Å². The van der Waals surface area contributed by atoms with Crippen LogP contribution in [0.1, 0.15) is 35.2 Å². The van der Waals surface area contributed by atoms with Crippen LogP contribution in [-0.2, 0) is 12.8 Å². The highest BCUT2D eigenvalue weighted by Crippen LogP contribution is 2.29. The number of hydrogen-bond acceptors (Lipinski definition) is 3. The molecule has 0 bridgehead atoms. The molecule has 0 unspecified atom stereocenters. The molecule has 0 N–H and O–H groups in total. The summed E-state index contributed by atoms with van der Waals surface area (Å²) in [6, 6.07) is 9.58. The van der Waals surface area contributed by atoms with Gasteiger partial charge < -0.3 is 9.42 Å². The molecule has 1 amide bonds. The van der Waals surface area contributed by atoms with E-state index in [4.69, 9.17) is 4.52 Å². The monoisotopic (exact) mass is 270 g/mol. The highest BCUT2D eigenvalue weighted by atomic mass is 16.5. The number of nitrogens with zero attached hydrogens (tertiary/aromatic N) is 2. The van der Waals surface area contributed by atoms with E-state index in [0.29, 0.717) is 11.6 Å². The first-order valence-electron chi connectivity index (χ1n) is 6.97. The quantitative estimate of drug-likeness (QED) is 0.842. The number of amides is 1. The van der Waals surface area contributed by atoms with Gasteiger partial charge in [0.1, 0.15) is 5.76 Å². The predicted octanol–water partition coefficient (Wildman–Crippen LogP) is 3.08. The summed E-state index contributed by atoms with van der Waals surface area (Å²) in [5.41, 5.74) is 2.33. The maximum atomic E-state index is 12.6. The van der Waals surface area contributed by atoms with Crippen LogP contribution >= 0.6 is 0 Å².